The lowest BCUT2D eigenvalue weighted by atomic mass is 10.1. The van der Waals surface area contributed by atoms with Crippen LogP contribution in [-0.2, 0) is 7.05 Å². The monoisotopic (exact) mass is 232 g/mol. The summed E-state index contributed by atoms with van der Waals surface area (Å²) in [6.07, 6.45) is 0.916. The number of benzene rings is 1. The van der Waals surface area contributed by atoms with Gasteiger partial charge in [0, 0.05) is 18.7 Å². The zero-order valence-electron chi connectivity index (χ0n) is 10.3. The summed E-state index contributed by atoms with van der Waals surface area (Å²) in [5, 5.41) is 10.8. The Hall–Kier alpha value is -1.91. The van der Waals surface area contributed by atoms with Gasteiger partial charge in [-0.2, -0.15) is 0 Å². The Labute approximate surface area is 99.8 Å². The van der Waals surface area contributed by atoms with Gasteiger partial charge in [0.2, 0.25) is 0 Å². The van der Waals surface area contributed by atoms with Gasteiger partial charge in [-0.05, 0) is 31.5 Å². The van der Waals surface area contributed by atoms with E-state index in [-0.39, 0.29) is 11.9 Å². The van der Waals surface area contributed by atoms with Crippen molar-refractivity contribution in [3.05, 3.63) is 23.8 Å². The van der Waals surface area contributed by atoms with E-state index in [1.54, 1.807) is 16.8 Å². The van der Waals surface area contributed by atoms with E-state index >= 15 is 0 Å². The zero-order chi connectivity index (χ0) is 12.4. The number of hydrogen-bond donors (Lipinski definition) is 1. The highest BCUT2D eigenvalue weighted by Gasteiger charge is 2.10. The molecule has 90 valence electrons. The summed E-state index contributed by atoms with van der Waals surface area (Å²) < 4.78 is 1.69. The van der Waals surface area contributed by atoms with Gasteiger partial charge >= 0.3 is 0 Å². The Morgan fingerprint density at radius 2 is 2.29 bits per heavy atom. The number of rotatable bonds is 3. The highest BCUT2D eigenvalue weighted by molar-refractivity contribution is 5.97. The molecular weight excluding hydrogens is 216 g/mol. The first-order chi connectivity index (χ1) is 8.11. The fourth-order valence-corrected chi connectivity index (χ4v) is 1.59. The number of aryl methyl sites for hydroxylation is 1. The van der Waals surface area contributed by atoms with Crippen LogP contribution in [0.5, 0.6) is 0 Å². The molecule has 0 aliphatic rings. The molecule has 0 radical (unpaired) electrons. The van der Waals surface area contributed by atoms with Gasteiger partial charge in [-0.3, -0.25) is 4.79 Å². The van der Waals surface area contributed by atoms with Gasteiger partial charge in [0.15, 0.2) is 0 Å². The largest absolute Gasteiger partial charge is 0.350 e. The van der Waals surface area contributed by atoms with Crippen molar-refractivity contribution < 1.29 is 4.79 Å². The van der Waals surface area contributed by atoms with Crippen LogP contribution >= 0.6 is 0 Å². The number of amides is 1. The van der Waals surface area contributed by atoms with E-state index in [1.807, 2.05) is 27.0 Å². The average molecular weight is 232 g/mol. The van der Waals surface area contributed by atoms with E-state index in [9.17, 15) is 4.79 Å². The molecule has 1 aromatic carbocycles. The molecule has 0 spiro atoms. The second-order valence-corrected chi connectivity index (χ2v) is 4.20. The quantitative estimate of drug-likeness (QED) is 0.872. The maximum absolute atomic E-state index is 11.9. The van der Waals surface area contributed by atoms with E-state index in [1.165, 1.54) is 0 Å². The van der Waals surface area contributed by atoms with Crippen LogP contribution in [-0.4, -0.2) is 26.9 Å². The standard InChI is InChI=1S/C12H16N4O/c1-4-8(2)13-12(17)9-5-6-11-10(7-9)14-15-16(11)3/h5-8H,4H2,1-3H3,(H,13,17). The van der Waals surface area contributed by atoms with Crippen molar-refractivity contribution >= 4 is 16.9 Å². The Balaban J connectivity index is 2.27. The molecule has 5 heteroatoms. The molecule has 0 aliphatic carbocycles. The molecule has 0 saturated heterocycles. The van der Waals surface area contributed by atoms with Crippen LogP contribution in [0.2, 0.25) is 0 Å². The van der Waals surface area contributed by atoms with Crippen molar-refractivity contribution in [2.24, 2.45) is 7.05 Å². The van der Waals surface area contributed by atoms with E-state index < -0.39 is 0 Å². The molecule has 1 heterocycles. The van der Waals surface area contributed by atoms with Gasteiger partial charge in [0.05, 0.1) is 5.52 Å². The molecule has 2 rings (SSSR count). The van der Waals surface area contributed by atoms with Crippen molar-refractivity contribution in [2.75, 3.05) is 0 Å². The van der Waals surface area contributed by atoms with Gasteiger partial charge in [-0.25, -0.2) is 4.68 Å². The van der Waals surface area contributed by atoms with Crippen LogP contribution < -0.4 is 5.32 Å². The normalized spacial score (nSPS) is 12.6. The van der Waals surface area contributed by atoms with Gasteiger partial charge in [0.25, 0.3) is 5.91 Å². The minimum absolute atomic E-state index is 0.0631. The summed E-state index contributed by atoms with van der Waals surface area (Å²) in [5.74, 6) is -0.0631. The van der Waals surface area contributed by atoms with Crippen LogP contribution in [0.1, 0.15) is 30.6 Å². The Kier molecular flexibility index (Phi) is 3.08. The third kappa shape index (κ3) is 2.27. The van der Waals surface area contributed by atoms with Gasteiger partial charge in [-0.1, -0.05) is 12.1 Å². The van der Waals surface area contributed by atoms with E-state index in [4.69, 9.17) is 0 Å². The molecule has 1 amide bonds. The van der Waals surface area contributed by atoms with Crippen molar-refractivity contribution in [1.29, 1.82) is 0 Å². The highest BCUT2D eigenvalue weighted by Crippen LogP contribution is 2.12. The van der Waals surface area contributed by atoms with E-state index in [2.05, 4.69) is 15.6 Å². The molecule has 0 bridgehead atoms. The molecule has 1 unspecified atom stereocenters. The van der Waals surface area contributed by atoms with Crippen molar-refractivity contribution in [2.45, 2.75) is 26.3 Å². The van der Waals surface area contributed by atoms with Crippen molar-refractivity contribution in [3.63, 3.8) is 0 Å². The fourth-order valence-electron chi connectivity index (χ4n) is 1.59. The minimum atomic E-state index is -0.0631. The summed E-state index contributed by atoms with van der Waals surface area (Å²) in [7, 11) is 1.83. The van der Waals surface area contributed by atoms with Gasteiger partial charge < -0.3 is 5.32 Å². The fraction of sp³-hybridized carbons (Fsp3) is 0.417. The van der Waals surface area contributed by atoms with Crippen LogP contribution in [0.15, 0.2) is 18.2 Å². The lowest BCUT2D eigenvalue weighted by Crippen LogP contribution is -2.31. The third-order valence-electron chi connectivity index (χ3n) is 2.86. The number of carbonyl (C=O) groups is 1. The number of nitrogens with zero attached hydrogens (tertiary/aromatic N) is 3. The van der Waals surface area contributed by atoms with Crippen molar-refractivity contribution in [1.82, 2.24) is 20.3 Å². The first kappa shape index (κ1) is 11.6. The molecule has 1 atom stereocenters. The first-order valence-electron chi connectivity index (χ1n) is 5.72. The molecule has 2 aromatic rings. The Bertz CT molecular complexity index is 546. The molecule has 1 aromatic heterocycles. The topological polar surface area (TPSA) is 59.8 Å². The lowest BCUT2D eigenvalue weighted by Gasteiger charge is -2.11. The van der Waals surface area contributed by atoms with Crippen LogP contribution in [0.25, 0.3) is 11.0 Å². The van der Waals surface area contributed by atoms with Crippen LogP contribution in [0, 0.1) is 0 Å². The Morgan fingerprint density at radius 1 is 1.53 bits per heavy atom. The average Bonchev–Trinajstić information content (AvgIpc) is 2.70. The summed E-state index contributed by atoms with van der Waals surface area (Å²) >= 11 is 0. The molecule has 5 nitrogen and oxygen atoms in total. The number of fused-ring (bicyclic) bond motifs is 1. The van der Waals surface area contributed by atoms with E-state index in [0.29, 0.717) is 5.56 Å². The summed E-state index contributed by atoms with van der Waals surface area (Å²) in [4.78, 5) is 11.9. The molecule has 0 saturated carbocycles. The van der Waals surface area contributed by atoms with Crippen molar-refractivity contribution in [3.8, 4) is 0 Å². The second kappa shape index (κ2) is 4.53. The zero-order valence-corrected chi connectivity index (χ0v) is 10.3. The minimum Gasteiger partial charge on any atom is -0.350 e. The van der Waals surface area contributed by atoms with Gasteiger partial charge in [-0.15, -0.1) is 5.10 Å². The summed E-state index contributed by atoms with van der Waals surface area (Å²) in [5.41, 5.74) is 2.28. The first-order valence-corrected chi connectivity index (χ1v) is 5.72. The Morgan fingerprint density at radius 3 is 3.00 bits per heavy atom. The number of carbonyl (C=O) groups excluding carboxylic acids is 1. The molecule has 0 aliphatic heterocycles. The maximum Gasteiger partial charge on any atom is 0.251 e. The molecular formula is C12H16N4O. The number of aromatic nitrogens is 3. The summed E-state index contributed by atoms with van der Waals surface area (Å²) in [6, 6.07) is 5.60. The predicted molar refractivity (Wildman–Crippen MR) is 65.7 cm³/mol. The number of nitrogens with one attached hydrogen (secondary N) is 1. The predicted octanol–water partition coefficient (Wildman–Crippen LogP) is 1.50. The molecule has 1 N–H and O–H groups in total. The molecule has 17 heavy (non-hydrogen) atoms. The number of hydrogen-bond acceptors (Lipinski definition) is 3. The highest BCUT2D eigenvalue weighted by atomic mass is 16.1. The SMILES string of the molecule is CCC(C)NC(=O)c1ccc2c(c1)nnn2C. The van der Waals surface area contributed by atoms with Crippen LogP contribution in [0.3, 0.4) is 0 Å². The van der Waals surface area contributed by atoms with Gasteiger partial charge in [0.1, 0.15) is 5.52 Å². The third-order valence-corrected chi connectivity index (χ3v) is 2.86. The van der Waals surface area contributed by atoms with Crippen LogP contribution in [0.4, 0.5) is 0 Å². The molecule has 0 fully saturated rings. The lowest BCUT2D eigenvalue weighted by molar-refractivity contribution is 0.0939. The second-order valence-electron chi connectivity index (χ2n) is 4.20. The van der Waals surface area contributed by atoms with E-state index in [0.717, 1.165) is 17.5 Å². The summed E-state index contributed by atoms with van der Waals surface area (Å²) in [6.45, 7) is 4.02. The maximum atomic E-state index is 11.9. The smallest absolute Gasteiger partial charge is 0.251 e.